The molecule has 0 aromatic carbocycles. The number of aromatic amines is 1. The van der Waals surface area contributed by atoms with Crippen LogP contribution in [0.2, 0.25) is 0 Å². The van der Waals surface area contributed by atoms with Crippen LogP contribution in [0.3, 0.4) is 0 Å². The van der Waals surface area contributed by atoms with E-state index in [1.54, 1.807) is 7.11 Å². The fourth-order valence-corrected chi connectivity index (χ4v) is 3.42. The van der Waals surface area contributed by atoms with Crippen molar-refractivity contribution in [3.63, 3.8) is 0 Å². The lowest BCUT2D eigenvalue weighted by Gasteiger charge is -2.26. The van der Waals surface area contributed by atoms with Crippen LogP contribution in [0, 0.1) is 0 Å². The summed E-state index contributed by atoms with van der Waals surface area (Å²) >= 11 is 1.44. The Kier molecular flexibility index (Phi) is 3.52. The molecule has 0 spiro atoms. The van der Waals surface area contributed by atoms with E-state index in [9.17, 15) is 0 Å². The van der Waals surface area contributed by atoms with Crippen LogP contribution in [0.1, 0.15) is 36.2 Å². The number of rotatable bonds is 4. The normalized spacial score (nSPS) is 20.0. The lowest BCUT2D eigenvalue weighted by atomic mass is 9.93. The number of fused-ring (bicyclic) bond motifs is 1. The van der Waals surface area contributed by atoms with Crippen molar-refractivity contribution in [3.8, 4) is 5.88 Å². The predicted molar refractivity (Wildman–Crippen MR) is 74.6 cm³/mol. The Morgan fingerprint density at radius 3 is 3.32 bits per heavy atom. The topological polar surface area (TPSA) is 62.8 Å². The van der Waals surface area contributed by atoms with Crippen LogP contribution >= 0.6 is 11.5 Å². The zero-order valence-corrected chi connectivity index (χ0v) is 12.0. The smallest absolute Gasteiger partial charge is 0.229 e. The molecule has 1 aliphatic carbocycles. The highest BCUT2D eigenvalue weighted by Crippen LogP contribution is 2.27. The minimum atomic E-state index is 0.253. The van der Waals surface area contributed by atoms with Gasteiger partial charge in [0.05, 0.1) is 13.3 Å². The van der Waals surface area contributed by atoms with Gasteiger partial charge in [-0.3, -0.25) is 5.10 Å². The summed E-state index contributed by atoms with van der Waals surface area (Å²) in [6, 6.07) is 0.732. The van der Waals surface area contributed by atoms with Gasteiger partial charge in [0.1, 0.15) is 0 Å². The maximum Gasteiger partial charge on any atom is 0.229 e. The molecule has 0 fully saturated rings. The Morgan fingerprint density at radius 1 is 1.58 bits per heavy atom. The van der Waals surface area contributed by atoms with E-state index in [4.69, 9.17) is 4.74 Å². The molecule has 2 atom stereocenters. The first-order chi connectivity index (χ1) is 9.28. The molecule has 2 heterocycles. The van der Waals surface area contributed by atoms with Crippen molar-refractivity contribution in [1.29, 1.82) is 0 Å². The zero-order chi connectivity index (χ0) is 13.2. The third-order valence-electron chi connectivity index (χ3n) is 3.73. The SMILES string of the molecule is COc1nscc1C(C)NC1CCc2cn[nH]c2C1. The molecule has 0 radical (unpaired) electrons. The summed E-state index contributed by atoms with van der Waals surface area (Å²) in [5.74, 6) is 0.739. The largest absolute Gasteiger partial charge is 0.480 e. The summed E-state index contributed by atoms with van der Waals surface area (Å²) in [4.78, 5) is 0. The van der Waals surface area contributed by atoms with Crippen molar-refractivity contribution < 1.29 is 4.74 Å². The standard InChI is InChI=1S/C13H18N4OS/c1-8(11-7-19-17-13(11)18-2)15-10-4-3-9-6-14-16-12(9)5-10/h6-8,10,15H,3-5H2,1-2H3,(H,14,16). The first-order valence-corrected chi connectivity index (χ1v) is 7.37. The highest BCUT2D eigenvalue weighted by molar-refractivity contribution is 7.03. The summed E-state index contributed by atoms with van der Waals surface area (Å²) in [6.07, 6.45) is 5.20. The molecular weight excluding hydrogens is 260 g/mol. The molecule has 2 N–H and O–H groups in total. The Hall–Kier alpha value is -1.40. The lowest BCUT2D eigenvalue weighted by Crippen LogP contribution is -2.36. The van der Waals surface area contributed by atoms with Crippen LogP contribution in [0.15, 0.2) is 11.6 Å². The Balaban J connectivity index is 1.66. The number of hydrogen-bond acceptors (Lipinski definition) is 5. The van der Waals surface area contributed by atoms with Crippen LogP contribution in [0.5, 0.6) is 5.88 Å². The van der Waals surface area contributed by atoms with Gasteiger partial charge >= 0.3 is 0 Å². The maximum absolute atomic E-state index is 5.28. The minimum absolute atomic E-state index is 0.253. The number of nitrogens with zero attached hydrogens (tertiary/aromatic N) is 2. The maximum atomic E-state index is 5.28. The molecule has 5 nitrogen and oxygen atoms in total. The second-order valence-corrected chi connectivity index (χ2v) is 5.61. The molecule has 0 bridgehead atoms. The highest BCUT2D eigenvalue weighted by Gasteiger charge is 2.23. The van der Waals surface area contributed by atoms with Crippen LogP contribution in [-0.4, -0.2) is 27.7 Å². The molecular formula is C13H18N4OS. The summed E-state index contributed by atoms with van der Waals surface area (Å²) in [5.41, 5.74) is 3.77. The van der Waals surface area contributed by atoms with E-state index in [2.05, 4.69) is 32.2 Å². The van der Waals surface area contributed by atoms with Gasteiger partial charge in [-0.2, -0.15) is 9.47 Å². The van der Waals surface area contributed by atoms with Crippen molar-refractivity contribution in [2.24, 2.45) is 0 Å². The van der Waals surface area contributed by atoms with E-state index in [1.165, 1.54) is 22.8 Å². The van der Waals surface area contributed by atoms with Gasteiger partial charge in [-0.1, -0.05) is 0 Å². The summed E-state index contributed by atoms with van der Waals surface area (Å²) in [7, 11) is 1.67. The Bertz CT molecular complexity index is 550. The number of aryl methyl sites for hydroxylation is 1. The van der Waals surface area contributed by atoms with E-state index in [1.807, 2.05) is 6.20 Å². The number of ether oxygens (including phenoxy) is 1. The third kappa shape index (κ3) is 2.50. The molecule has 102 valence electrons. The van der Waals surface area contributed by atoms with Gasteiger partial charge in [-0.15, -0.1) is 0 Å². The van der Waals surface area contributed by atoms with E-state index >= 15 is 0 Å². The van der Waals surface area contributed by atoms with Crippen LogP contribution in [0.4, 0.5) is 0 Å². The van der Waals surface area contributed by atoms with Crippen LogP contribution in [-0.2, 0) is 12.8 Å². The monoisotopic (exact) mass is 278 g/mol. The van der Waals surface area contributed by atoms with Gasteiger partial charge in [-0.05, 0) is 36.9 Å². The minimum Gasteiger partial charge on any atom is -0.480 e. The molecule has 3 rings (SSSR count). The van der Waals surface area contributed by atoms with Gasteiger partial charge in [0.15, 0.2) is 0 Å². The molecule has 2 unspecified atom stereocenters. The van der Waals surface area contributed by atoms with Gasteiger partial charge in [0.25, 0.3) is 0 Å². The first-order valence-electron chi connectivity index (χ1n) is 6.53. The molecule has 0 amide bonds. The summed E-state index contributed by atoms with van der Waals surface area (Å²) in [5, 5.41) is 12.9. The fraction of sp³-hybridized carbons (Fsp3) is 0.538. The summed E-state index contributed by atoms with van der Waals surface area (Å²) in [6.45, 7) is 2.16. The van der Waals surface area contributed by atoms with E-state index in [-0.39, 0.29) is 6.04 Å². The number of aromatic nitrogens is 3. The van der Waals surface area contributed by atoms with Gasteiger partial charge in [0.2, 0.25) is 5.88 Å². The first kappa shape index (κ1) is 12.6. The average molecular weight is 278 g/mol. The second-order valence-electron chi connectivity index (χ2n) is 4.98. The van der Waals surface area contributed by atoms with E-state index in [0.717, 1.165) is 30.7 Å². The highest BCUT2D eigenvalue weighted by atomic mass is 32.1. The number of hydrogen-bond donors (Lipinski definition) is 2. The molecule has 2 aromatic heterocycles. The molecule has 1 aliphatic rings. The van der Waals surface area contributed by atoms with E-state index < -0.39 is 0 Å². The van der Waals surface area contributed by atoms with Gasteiger partial charge in [0, 0.05) is 35.1 Å². The van der Waals surface area contributed by atoms with Gasteiger partial charge < -0.3 is 10.1 Å². The van der Waals surface area contributed by atoms with Crippen molar-refractivity contribution >= 4 is 11.5 Å². The fourth-order valence-electron chi connectivity index (χ4n) is 2.67. The van der Waals surface area contributed by atoms with Crippen LogP contribution in [0.25, 0.3) is 0 Å². The number of H-pyrrole nitrogens is 1. The number of methoxy groups -OCH3 is 1. The third-order valence-corrected chi connectivity index (χ3v) is 4.36. The van der Waals surface area contributed by atoms with Crippen molar-refractivity contribution in [1.82, 2.24) is 19.9 Å². The van der Waals surface area contributed by atoms with Crippen molar-refractivity contribution in [2.45, 2.75) is 38.3 Å². The predicted octanol–water partition coefficient (Wildman–Crippen LogP) is 2.08. The molecule has 0 aliphatic heterocycles. The number of nitrogens with one attached hydrogen (secondary N) is 2. The Labute approximate surface area is 116 Å². The molecule has 0 saturated carbocycles. The van der Waals surface area contributed by atoms with Gasteiger partial charge in [-0.25, -0.2) is 0 Å². The quantitative estimate of drug-likeness (QED) is 0.899. The average Bonchev–Trinajstić information content (AvgIpc) is 3.06. The zero-order valence-electron chi connectivity index (χ0n) is 11.1. The molecule has 19 heavy (non-hydrogen) atoms. The molecule has 6 heteroatoms. The summed E-state index contributed by atoms with van der Waals surface area (Å²) < 4.78 is 9.52. The lowest BCUT2D eigenvalue weighted by molar-refractivity contribution is 0.374. The van der Waals surface area contributed by atoms with Crippen molar-refractivity contribution in [3.05, 3.63) is 28.4 Å². The Morgan fingerprint density at radius 2 is 2.47 bits per heavy atom. The van der Waals surface area contributed by atoms with E-state index in [0.29, 0.717) is 6.04 Å². The molecule has 2 aromatic rings. The molecule has 0 saturated heterocycles. The van der Waals surface area contributed by atoms with Crippen molar-refractivity contribution in [2.75, 3.05) is 7.11 Å². The second kappa shape index (κ2) is 5.30. The van der Waals surface area contributed by atoms with Crippen LogP contribution < -0.4 is 10.1 Å².